The molecule has 0 aliphatic carbocycles. The van der Waals surface area contributed by atoms with Crippen LogP contribution in [0.15, 0.2) is 78.9 Å². The minimum Gasteiger partial charge on any atom is -0.355 e. The number of amides is 1. The molecule has 0 aromatic heterocycles. The lowest BCUT2D eigenvalue weighted by Gasteiger charge is -2.17. The van der Waals surface area contributed by atoms with Gasteiger partial charge in [-0.1, -0.05) is 35.9 Å². The van der Waals surface area contributed by atoms with Crippen molar-refractivity contribution < 1.29 is 61.9 Å². The molecule has 0 fully saturated rings. The number of benzene rings is 4. The molecule has 0 atom stereocenters. The zero-order valence-electron chi connectivity index (χ0n) is 26.6. The first-order valence-electron chi connectivity index (χ1n) is 14.1. The molecule has 0 aliphatic rings. The first kappa shape index (κ1) is 44.0. The normalized spacial score (nSPS) is 11.3. The van der Waals surface area contributed by atoms with Crippen LogP contribution in [0.3, 0.4) is 0 Å². The molecule has 0 saturated carbocycles. The van der Waals surface area contributed by atoms with Crippen molar-refractivity contribution in [3.05, 3.63) is 141 Å². The molecule has 3 nitrogen and oxygen atoms in total. The van der Waals surface area contributed by atoms with Gasteiger partial charge < -0.3 is 11.1 Å². The van der Waals surface area contributed by atoms with Gasteiger partial charge >= 0.3 is 24.7 Å². The molecule has 0 heterocycles. The molecular weight excluding hydrogens is 711 g/mol. The zero-order chi connectivity index (χ0) is 39.3. The van der Waals surface area contributed by atoms with Gasteiger partial charge in [-0.05, 0) is 78.6 Å². The van der Waals surface area contributed by atoms with Crippen LogP contribution >= 0.6 is 0 Å². The molecule has 0 spiro atoms. The summed E-state index contributed by atoms with van der Waals surface area (Å²) < 4.78 is 166. The Kier molecular flexibility index (Phi) is 16.2. The zero-order valence-corrected chi connectivity index (χ0v) is 26.6. The number of terminal acetylenes is 1. The molecular formula is C35H29F13N2O. The van der Waals surface area contributed by atoms with Crippen LogP contribution in [0.2, 0.25) is 0 Å². The van der Waals surface area contributed by atoms with E-state index in [4.69, 9.17) is 5.73 Å². The summed E-state index contributed by atoms with van der Waals surface area (Å²) in [5.74, 6) is -9.47. The Morgan fingerprint density at radius 2 is 1.20 bits per heavy atom. The Labute approximate surface area is 284 Å². The summed E-state index contributed by atoms with van der Waals surface area (Å²) in [5.41, 5.74) is 2.94. The fraction of sp³-hybridized carbons (Fsp3) is 0.229. The number of halogens is 13. The summed E-state index contributed by atoms with van der Waals surface area (Å²) in [7, 11) is 1.28. The van der Waals surface area contributed by atoms with Crippen LogP contribution in [-0.2, 0) is 31.2 Å². The smallest absolute Gasteiger partial charge is 0.355 e. The van der Waals surface area contributed by atoms with E-state index in [9.17, 15) is 61.9 Å². The Bertz CT molecular complexity index is 1750. The Morgan fingerprint density at radius 3 is 1.67 bits per heavy atom. The molecule has 0 bridgehead atoms. The van der Waals surface area contributed by atoms with Crippen molar-refractivity contribution in [3.63, 3.8) is 0 Å². The van der Waals surface area contributed by atoms with Gasteiger partial charge in [0.2, 0.25) is 0 Å². The van der Waals surface area contributed by atoms with Gasteiger partial charge in [-0.2, -0.15) is 35.1 Å². The average Bonchev–Trinajstić information content (AvgIpc) is 3.06. The van der Waals surface area contributed by atoms with E-state index < -0.39 is 71.2 Å². The van der Waals surface area contributed by atoms with E-state index in [-0.39, 0.29) is 22.8 Å². The van der Waals surface area contributed by atoms with Crippen molar-refractivity contribution in [2.24, 2.45) is 5.73 Å². The van der Waals surface area contributed by atoms with Crippen LogP contribution in [0.1, 0.15) is 49.3 Å². The van der Waals surface area contributed by atoms with E-state index in [0.717, 1.165) is 18.2 Å². The summed E-state index contributed by atoms with van der Waals surface area (Å²) >= 11 is 0. The number of hydrogen-bond donors (Lipinski definition) is 2. The number of carbonyl (C=O) groups is 1. The van der Waals surface area contributed by atoms with Crippen LogP contribution in [0.25, 0.3) is 0 Å². The highest BCUT2D eigenvalue weighted by Crippen LogP contribution is 2.36. The first-order valence-corrected chi connectivity index (χ1v) is 14.1. The minimum atomic E-state index is -4.98. The van der Waals surface area contributed by atoms with Crippen LogP contribution < -0.4 is 11.1 Å². The third-order valence-electron chi connectivity index (χ3n) is 6.48. The lowest BCUT2D eigenvalue weighted by molar-refractivity contribution is -0.140. The number of aryl methyl sites for hydroxylation is 1. The molecule has 0 radical (unpaired) electrons. The van der Waals surface area contributed by atoms with Crippen molar-refractivity contribution in [1.29, 1.82) is 0 Å². The van der Waals surface area contributed by atoms with Crippen LogP contribution in [0.4, 0.5) is 57.1 Å². The molecule has 51 heavy (non-hydrogen) atoms. The number of nitrogens with two attached hydrogens (primary N) is 1. The summed E-state index contributed by atoms with van der Waals surface area (Å²) in [6.45, 7) is 2.71. The van der Waals surface area contributed by atoms with Crippen molar-refractivity contribution >= 4 is 5.91 Å². The lowest BCUT2D eigenvalue weighted by atomic mass is 9.98. The van der Waals surface area contributed by atoms with Gasteiger partial charge in [-0.15, -0.1) is 12.8 Å². The Hall–Kier alpha value is -5.04. The number of nitrogens with one attached hydrogen (secondary N) is 1. The van der Waals surface area contributed by atoms with E-state index in [1.54, 1.807) is 0 Å². The summed E-state index contributed by atoms with van der Waals surface area (Å²) in [6, 6.07) is 13.8. The van der Waals surface area contributed by atoms with Gasteiger partial charge in [-0.3, -0.25) is 4.79 Å². The second kappa shape index (κ2) is 18.8. The van der Waals surface area contributed by atoms with E-state index in [0.29, 0.717) is 36.9 Å². The second-order valence-corrected chi connectivity index (χ2v) is 10.2. The molecule has 4 aromatic carbocycles. The molecule has 4 aromatic rings. The highest BCUT2D eigenvalue weighted by Gasteiger charge is 2.43. The Balaban J connectivity index is 0.000000421. The fourth-order valence-electron chi connectivity index (χ4n) is 3.96. The highest BCUT2D eigenvalue weighted by molar-refractivity contribution is 5.94. The third kappa shape index (κ3) is 13.3. The summed E-state index contributed by atoms with van der Waals surface area (Å²) in [5, 5.41) is 2.15. The van der Waals surface area contributed by atoms with E-state index in [1.807, 2.05) is 0 Å². The topological polar surface area (TPSA) is 55.1 Å². The number of rotatable bonds is 6. The SMILES string of the molecule is C#C.CNC(=O)c1ccc(F)c(C(F)(F)F)c1.Cc1ccc(CN)cc1.Fc1cc(Cc2ccc(F)c(C(F)(F)F)c2)cc(C(F)(F)C(F)F)c1. The predicted octanol–water partition coefficient (Wildman–Crippen LogP) is 9.84. The van der Waals surface area contributed by atoms with Crippen molar-refractivity contribution in [1.82, 2.24) is 5.32 Å². The standard InChI is InChI=1S/C16H9F9.C9H7F4NO.C8H11N.C2H2/c17-11-5-9(4-10(7-11)15(21,22)14(19)20)3-8-1-2-13(18)12(6-8)16(23,24)25;1-14-8(15)5-2-3-7(10)6(4-5)9(11,12)13;1-7-2-4-8(6-9)5-3-7;1-2/h1-2,4-7,14H,3H2;2-4H,1H3,(H,14,15);2-5H,6,9H2,1H3;1-2H. The van der Waals surface area contributed by atoms with Crippen LogP contribution in [-0.4, -0.2) is 19.4 Å². The van der Waals surface area contributed by atoms with Gasteiger partial charge in [0, 0.05) is 24.7 Å². The van der Waals surface area contributed by atoms with Crippen LogP contribution in [0.5, 0.6) is 0 Å². The molecule has 1 amide bonds. The minimum absolute atomic E-state index is 0.148. The maximum Gasteiger partial charge on any atom is 0.419 e. The third-order valence-corrected chi connectivity index (χ3v) is 6.48. The quantitative estimate of drug-likeness (QED) is 0.153. The van der Waals surface area contributed by atoms with Crippen molar-refractivity contribution in [3.8, 4) is 12.8 Å². The average molecular weight is 741 g/mol. The molecule has 16 heteroatoms. The van der Waals surface area contributed by atoms with Gasteiger partial charge in [0.25, 0.3) is 5.91 Å². The highest BCUT2D eigenvalue weighted by atomic mass is 19.4. The summed E-state index contributed by atoms with van der Waals surface area (Å²) in [4.78, 5) is 11.0. The van der Waals surface area contributed by atoms with Gasteiger partial charge in [-0.25, -0.2) is 22.0 Å². The number of hydrogen-bond acceptors (Lipinski definition) is 2. The largest absolute Gasteiger partial charge is 0.419 e. The summed E-state index contributed by atoms with van der Waals surface area (Å²) in [6.07, 6.45) is -6.33. The van der Waals surface area contributed by atoms with Crippen LogP contribution in [0, 0.1) is 37.2 Å². The van der Waals surface area contributed by atoms with E-state index >= 15 is 0 Å². The van der Waals surface area contributed by atoms with Crippen molar-refractivity contribution in [2.45, 2.75) is 44.6 Å². The number of alkyl halides is 10. The molecule has 276 valence electrons. The van der Waals surface area contributed by atoms with E-state index in [2.05, 4.69) is 49.4 Å². The number of carbonyl (C=O) groups excluding carboxylic acids is 1. The predicted molar refractivity (Wildman–Crippen MR) is 164 cm³/mol. The Morgan fingerprint density at radius 1 is 0.706 bits per heavy atom. The maximum atomic E-state index is 13.4. The fourth-order valence-corrected chi connectivity index (χ4v) is 3.96. The van der Waals surface area contributed by atoms with Gasteiger partial charge in [0.15, 0.2) is 0 Å². The second-order valence-electron chi connectivity index (χ2n) is 10.2. The molecule has 0 unspecified atom stereocenters. The maximum absolute atomic E-state index is 13.4. The monoisotopic (exact) mass is 740 g/mol. The lowest BCUT2D eigenvalue weighted by Crippen LogP contribution is -2.24. The molecule has 4 rings (SSSR count). The first-order chi connectivity index (χ1) is 23.6. The molecule has 0 saturated heterocycles. The molecule has 3 N–H and O–H groups in total. The molecule has 0 aliphatic heterocycles. The van der Waals surface area contributed by atoms with E-state index in [1.165, 1.54) is 18.2 Å². The van der Waals surface area contributed by atoms with Gasteiger partial charge in [0.1, 0.15) is 17.5 Å². The van der Waals surface area contributed by atoms with Gasteiger partial charge in [0.05, 0.1) is 11.1 Å². The van der Waals surface area contributed by atoms with Crippen molar-refractivity contribution in [2.75, 3.05) is 7.05 Å².